The highest BCUT2D eigenvalue weighted by atomic mass is 28.4. The average Bonchev–Trinajstić information content (AvgIpc) is 2.82. The predicted molar refractivity (Wildman–Crippen MR) is 96.8 cm³/mol. The van der Waals surface area contributed by atoms with Gasteiger partial charge in [0.2, 0.25) is 0 Å². The zero-order valence-corrected chi connectivity index (χ0v) is 16.9. The lowest BCUT2D eigenvalue weighted by molar-refractivity contribution is -0.137. The Morgan fingerprint density at radius 1 is 1.08 bits per heavy atom. The van der Waals surface area contributed by atoms with Crippen molar-refractivity contribution in [3.05, 3.63) is 29.8 Å². The van der Waals surface area contributed by atoms with Crippen LogP contribution in [0.1, 0.15) is 24.8 Å². The van der Waals surface area contributed by atoms with Crippen LogP contribution < -0.4 is 5.19 Å². The van der Waals surface area contributed by atoms with Gasteiger partial charge in [0.15, 0.2) is 8.32 Å². The highest BCUT2D eigenvalue weighted by molar-refractivity contribution is 6.92. The first-order chi connectivity index (χ1) is 11.0. The minimum absolute atomic E-state index is 0.545. The van der Waals surface area contributed by atoms with Gasteiger partial charge in [-0.3, -0.25) is 0 Å². The third kappa shape index (κ3) is 3.12. The maximum atomic E-state index is 12.8. The van der Waals surface area contributed by atoms with E-state index in [9.17, 15) is 13.2 Å². The van der Waals surface area contributed by atoms with E-state index >= 15 is 0 Å². The lowest BCUT2D eigenvalue weighted by atomic mass is 9.89. The minimum atomic E-state index is -4.26. The molecule has 1 aromatic carbocycles. The van der Waals surface area contributed by atoms with E-state index in [-0.39, 0.29) is 0 Å². The van der Waals surface area contributed by atoms with Gasteiger partial charge in [-0.15, -0.1) is 0 Å². The molecule has 1 heterocycles. The second kappa shape index (κ2) is 5.99. The molecule has 1 aliphatic carbocycles. The molecular formula is C18H27F3OSi2. The van der Waals surface area contributed by atoms with Crippen molar-refractivity contribution in [3.63, 3.8) is 0 Å². The minimum Gasteiger partial charge on any atom is -0.417 e. The first-order valence-electron chi connectivity index (χ1n) is 8.85. The molecule has 3 atom stereocenters. The van der Waals surface area contributed by atoms with Gasteiger partial charge in [-0.1, -0.05) is 55.4 Å². The SMILES string of the molecule is C[Si]1(C)OC[C@H]2CCC[C@@H]([Si](C)(C)c3ccc(C(F)(F)F)cc3)[C@H]21. The highest BCUT2D eigenvalue weighted by Gasteiger charge is 2.55. The number of hydrogen-bond donors (Lipinski definition) is 0. The summed E-state index contributed by atoms with van der Waals surface area (Å²) in [5, 5.41) is 1.15. The Labute approximate surface area is 144 Å². The lowest BCUT2D eigenvalue weighted by Gasteiger charge is -2.45. The Morgan fingerprint density at radius 2 is 1.71 bits per heavy atom. The fraction of sp³-hybridized carbons (Fsp3) is 0.667. The van der Waals surface area contributed by atoms with Gasteiger partial charge >= 0.3 is 6.18 Å². The number of benzene rings is 1. The maximum Gasteiger partial charge on any atom is 0.416 e. The zero-order chi connectivity index (χ0) is 17.8. The maximum absolute atomic E-state index is 12.8. The molecule has 1 nitrogen and oxygen atoms in total. The predicted octanol–water partition coefficient (Wildman–Crippen LogP) is 5.40. The van der Waals surface area contributed by atoms with Crippen LogP contribution in [0.25, 0.3) is 0 Å². The first kappa shape index (κ1) is 18.2. The van der Waals surface area contributed by atoms with Crippen molar-refractivity contribution in [1.29, 1.82) is 0 Å². The Bertz CT molecular complexity index is 595. The Kier molecular flexibility index (Phi) is 4.54. The van der Waals surface area contributed by atoms with Crippen molar-refractivity contribution in [2.75, 3.05) is 6.61 Å². The van der Waals surface area contributed by atoms with E-state index in [1.54, 1.807) is 12.1 Å². The first-order valence-corrected chi connectivity index (χ1v) is 14.9. The molecule has 0 N–H and O–H groups in total. The van der Waals surface area contributed by atoms with Crippen LogP contribution in [-0.2, 0) is 10.6 Å². The van der Waals surface area contributed by atoms with Crippen LogP contribution in [-0.4, -0.2) is 23.0 Å². The Morgan fingerprint density at radius 3 is 2.29 bits per heavy atom. The van der Waals surface area contributed by atoms with E-state index < -0.39 is 28.1 Å². The molecule has 24 heavy (non-hydrogen) atoms. The molecule has 2 fully saturated rings. The summed E-state index contributed by atoms with van der Waals surface area (Å²) < 4.78 is 44.8. The van der Waals surface area contributed by atoms with Crippen molar-refractivity contribution in [1.82, 2.24) is 0 Å². The number of hydrogen-bond acceptors (Lipinski definition) is 1. The second-order valence-corrected chi connectivity index (χ2v) is 17.5. The van der Waals surface area contributed by atoms with E-state index in [0.29, 0.717) is 17.0 Å². The standard InChI is InChI=1S/C18H27F3OSi2/c1-23(2,15-10-8-14(9-11-15)18(19,20)21)16-7-5-6-13-12-22-24(3,4)17(13)16/h8-11,13,16-17H,5-7,12H2,1-4H3/t13-,16-,17+/m1/s1. The van der Waals surface area contributed by atoms with Crippen LogP contribution in [0.3, 0.4) is 0 Å². The summed E-state index contributed by atoms with van der Waals surface area (Å²) >= 11 is 0. The number of halogens is 3. The van der Waals surface area contributed by atoms with Crippen molar-refractivity contribution in [2.45, 2.75) is 62.7 Å². The number of fused-ring (bicyclic) bond motifs is 1. The third-order valence-electron chi connectivity index (χ3n) is 6.39. The molecule has 0 aromatic heterocycles. The monoisotopic (exact) mass is 372 g/mol. The molecule has 1 aromatic rings. The molecular weight excluding hydrogens is 345 g/mol. The summed E-state index contributed by atoms with van der Waals surface area (Å²) in [6.45, 7) is 10.2. The fourth-order valence-electron chi connectivity index (χ4n) is 5.06. The molecule has 0 spiro atoms. The van der Waals surface area contributed by atoms with Gasteiger partial charge in [-0.25, -0.2) is 0 Å². The summed E-state index contributed by atoms with van der Waals surface area (Å²) in [5.41, 5.74) is 0.740. The van der Waals surface area contributed by atoms with E-state index in [2.05, 4.69) is 26.2 Å². The fourth-order valence-corrected chi connectivity index (χ4v) is 14.4. The summed E-state index contributed by atoms with van der Waals surface area (Å²) in [6.07, 6.45) is -0.554. The molecule has 1 aliphatic heterocycles. The van der Waals surface area contributed by atoms with Crippen LogP contribution in [0.2, 0.25) is 37.3 Å². The van der Waals surface area contributed by atoms with Gasteiger partial charge in [-0.2, -0.15) is 13.2 Å². The molecule has 134 valence electrons. The van der Waals surface area contributed by atoms with E-state index in [1.807, 2.05) is 0 Å². The molecule has 2 aliphatic rings. The summed E-state index contributed by atoms with van der Waals surface area (Å²) in [6, 6.07) is 6.00. The molecule has 0 unspecified atom stereocenters. The summed E-state index contributed by atoms with van der Waals surface area (Å²) in [5.74, 6) is 0.673. The molecule has 3 rings (SSSR count). The van der Waals surface area contributed by atoms with E-state index in [0.717, 1.165) is 11.8 Å². The quantitative estimate of drug-likeness (QED) is 0.632. The van der Waals surface area contributed by atoms with Crippen LogP contribution in [0, 0.1) is 5.92 Å². The van der Waals surface area contributed by atoms with Crippen LogP contribution in [0.15, 0.2) is 24.3 Å². The van der Waals surface area contributed by atoms with Crippen molar-refractivity contribution >= 4 is 21.6 Å². The largest absolute Gasteiger partial charge is 0.417 e. The van der Waals surface area contributed by atoms with Gasteiger partial charge in [0.25, 0.3) is 0 Å². The second-order valence-electron chi connectivity index (χ2n) is 8.53. The number of rotatable bonds is 2. The van der Waals surface area contributed by atoms with Gasteiger partial charge in [0.05, 0.1) is 13.6 Å². The molecule has 1 saturated carbocycles. The Balaban J connectivity index is 1.91. The van der Waals surface area contributed by atoms with E-state index in [1.165, 1.54) is 31.4 Å². The van der Waals surface area contributed by atoms with Crippen LogP contribution in [0.4, 0.5) is 13.2 Å². The Hall–Kier alpha value is -0.596. The summed E-state index contributed by atoms with van der Waals surface area (Å²) in [4.78, 5) is 0. The van der Waals surface area contributed by atoms with Gasteiger partial charge in [0.1, 0.15) is 0 Å². The zero-order valence-electron chi connectivity index (χ0n) is 14.9. The summed E-state index contributed by atoms with van der Waals surface area (Å²) in [7, 11) is -3.54. The van der Waals surface area contributed by atoms with Crippen molar-refractivity contribution in [3.8, 4) is 0 Å². The smallest absolute Gasteiger partial charge is 0.416 e. The van der Waals surface area contributed by atoms with Crippen molar-refractivity contribution in [2.24, 2.45) is 5.92 Å². The molecule has 0 radical (unpaired) electrons. The average molecular weight is 373 g/mol. The van der Waals surface area contributed by atoms with Crippen LogP contribution >= 0.6 is 0 Å². The molecule has 1 saturated heterocycles. The molecule has 6 heteroatoms. The lowest BCUT2D eigenvalue weighted by Crippen LogP contribution is -2.52. The van der Waals surface area contributed by atoms with E-state index in [4.69, 9.17) is 4.43 Å². The normalized spacial score (nSPS) is 30.2. The molecule has 0 bridgehead atoms. The topological polar surface area (TPSA) is 9.23 Å². The highest BCUT2D eigenvalue weighted by Crippen LogP contribution is 2.56. The third-order valence-corrected chi connectivity index (χ3v) is 14.4. The van der Waals surface area contributed by atoms with Gasteiger partial charge in [-0.05, 0) is 36.5 Å². The van der Waals surface area contributed by atoms with Crippen LogP contribution in [0.5, 0.6) is 0 Å². The van der Waals surface area contributed by atoms with Crippen molar-refractivity contribution < 1.29 is 17.6 Å². The number of alkyl halides is 3. The molecule has 0 amide bonds. The van der Waals surface area contributed by atoms with Gasteiger partial charge in [0, 0.05) is 6.61 Å². The van der Waals surface area contributed by atoms with Gasteiger partial charge < -0.3 is 4.43 Å².